The number of anilines is 4. The summed E-state index contributed by atoms with van der Waals surface area (Å²) in [6.45, 7) is 13.1. The molecule has 8 heteroatoms. The number of fused-ring (bicyclic) bond motifs is 6. The normalized spacial score (nSPS) is 25.0. The number of hydrogen-bond donors (Lipinski definition) is 1. The van der Waals surface area contributed by atoms with Crippen molar-refractivity contribution in [2.24, 2.45) is 17.6 Å². The van der Waals surface area contributed by atoms with Gasteiger partial charge in [-0.1, -0.05) is 24.3 Å². The van der Waals surface area contributed by atoms with Gasteiger partial charge in [0.05, 0.1) is 6.57 Å². The summed E-state index contributed by atoms with van der Waals surface area (Å²) in [5, 5.41) is 0. The Kier molecular flexibility index (Phi) is 5.64. The van der Waals surface area contributed by atoms with Crippen LogP contribution in [0.1, 0.15) is 65.9 Å². The zero-order valence-corrected chi connectivity index (χ0v) is 24.0. The van der Waals surface area contributed by atoms with Crippen LogP contribution < -0.4 is 15.5 Å². The van der Waals surface area contributed by atoms with E-state index in [1.54, 1.807) is 0 Å². The van der Waals surface area contributed by atoms with E-state index >= 15 is 0 Å². The molecule has 0 radical (unpaired) electrons. The molecule has 4 atom stereocenters. The third-order valence-electron chi connectivity index (χ3n) is 9.67. The zero-order valence-electron chi connectivity index (χ0n) is 24.0. The fraction of sp³-hybridized carbons (Fsp3) is 0.382. The quantitative estimate of drug-likeness (QED) is 0.286. The van der Waals surface area contributed by atoms with Gasteiger partial charge in [-0.3, -0.25) is 0 Å². The molecule has 0 amide bonds. The lowest BCUT2D eigenvalue weighted by atomic mass is 9.95. The standard InChI is InChI=1S/C18H20N4.C16H14N4/c1-11-20-7-4-17(21-11)22-10-12-8-14(12)15-9-13(2-3-16(15)22)18(19)5-6-18;1-10-18-6-5-16(19-10)20-9-11-7-13(11)14-8-12(17-2)3-4-15(14)20/h2-4,7,9,12,14H,5-6,8,10,19H2,1H3;3-6,8,11,13H,7,9H2,1H3. The Morgan fingerprint density at radius 2 is 1.33 bits per heavy atom. The Morgan fingerprint density at radius 3 is 1.86 bits per heavy atom. The fourth-order valence-electron chi connectivity index (χ4n) is 6.93. The lowest BCUT2D eigenvalue weighted by Crippen LogP contribution is -2.27. The average Bonchev–Trinajstić information content (AvgIpc) is 3.89. The summed E-state index contributed by atoms with van der Waals surface area (Å²) < 4.78 is 0. The topological polar surface area (TPSA) is 88.4 Å². The molecule has 4 heterocycles. The number of hydrogen-bond acceptors (Lipinski definition) is 7. The molecule has 0 spiro atoms. The van der Waals surface area contributed by atoms with Crippen molar-refractivity contribution >= 4 is 28.7 Å². The highest BCUT2D eigenvalue weighted by molar-refractivity contribution is 5.72. The summed E-state index contributed by atoms with van der Waals surface area (Å²) >= 11 is 0. The Balaban J connectivity index is 0.000000128. The Hall–Kier alpha value is -4.35. The third-order valence-corrected chi connectivity index (χ3v) is 9.67. The van der Waals surface area contributed by atoms with E-state index in [0.29, 0.717) is 11.8 Å². The van der Waals surface area contributed by atoms with Crippen molar-refractivity contribution in [2.45, 2.75) is 56.9 Å². The molecule has 2 aromatic carbocycles. The van der Waals surface area contributed by atoms with E-state index in [1.165, 1.54) is 40.9 Å². The van der Waals surface area contributed by atoms with E-state index in [1.807, 2.05) is 50.5 Å². The summed E-state index contributed by atoms with van der Waals surface area (Å²) in [6.07, 6.45) is 8.43. The molecule has 3 aliphatic carbocycles. The summed E-state index contributed by atoms with van der Waals surface area (Å²) in [5.74, 6) is 6.44. The van der Waals surface area contributed by atoms with Crippen molar-refractivity contribution < 1.29 is 0 Å². The highest BCUT2D eigenvalue weighted by atomic mass is 15.2. The number of benzene rings is 2. The molecule has 8 nitrogen and oxygen atoms in total. The Morgan fingerprint density at radius 1 is 0.786 bits per heavy atom. The predicted octanol–water partition coefficient (Wildman–Crippen LogP) is 6.58. The first kappa shape index (κ1) is 25.4. The van der Waals surface area contributed by atoms with Crippen LogP contribution in [0.25, 0.3) is 4.85 Å². The molecule has 0 saturated heterocycles. The monoisotopic (exact) mass is 554 g/mol. The van der Waals surface area contributed by atoms with E-state index in [0.717, 1.165) is 66.7 Å². The Labute approximate surface area is 246 Å². The largest absolute Gasteiger partial charge is 0.326 e. The molecule has 3 fully saturated rings. The number of aromatic nitrogens is 4. The van der Waals surface area contributed by atoms with Crippen molar-refractivity contribution in [3.63, 3.8) is 0 Å². The Bertz CT molecular complexity index is 1750. The molecule has 9 rings (SSSR count). The fourth-order valence-corrected chi connectivity index (χ4v) is 6.93. The predicted molar refractivity (Wildman–Crippen MR) is 163 cm³/mol. The van der Waals surface area contributed by atoms with Crippen LogP contribution in [0.3, 0.4) is 0 Å². The molecular formula is C34H34N8. The molecule has 4 aromatic rings. The van der Waals surface area contributed by atoms with Gasteiger partial charge >= 0.3 is 0 Å². The van der Waals surface area contributed by atoms with E-state index in [2.05, 4.69) is 58.8 Å². The third kappa shape index (κ3) is 4.40. The maximum atomic E-state index is 7.17. The van der Waals surface area contributed by atoms with Crippen molar-refractivity contribution in [3.05, 3.63) is 101 Å². The van der Waals surface area contributed by atoms with Crippen LogP contribution >= 0.6 is 0 Å². The van der Waals surface area contributed by atoms with Crippen molar-refractivity contribution in [1.82, 2.24) is 19.9 Å². The van der Waals surface area contributed by atoms with Gasteiger partial charge in [0.25, 0.3) is 0 Å². The molecule has 2 aromatic heterocycles. The first-order valence-corrected chi connectivity index (χ1v) is 15.0. The first-order valence-electron chi connectivity index (χ1n) is 15.0. The summed E-state index contributed by atoms with van der Waals surface area (Å²) in [6, 6.07) is 16.8. The molecule has 5 aliphatic rings. The van der Waals surface area contributed by atoms with Gasteiger partial charge in [0.2, 0.25) is 0 Å². The van der Waals surface area contributed by atoms with Crippen LogP contribution in [0.4, 0.5) is 28.7 Å². The van der Waals surface area contributed by atoms with E-state index in [9.17, 15) is 0 Å². The molecule has 3 saturated carbocycles. The lowest BCUT2D eigenvalue weighted by Gasteiger charge is -2.31. The van der Waals surface area contributed by atoms with Gasteiger partial charge in [-0.25, -0.2) is 24.8 Å². The van der Waals surface area contributed by atoms with Gasteiger partial charge in [-0.15, -0.1) is 0 Å². The SMILES string of the molecule is Cc1nccc(N2CC3CC3c3cc(C4(N)CC4)ccc32)n1.[C-]#[N+]c1ccc2c(c1)C1CC1CN2c1ccnc(C)n1. The maximum absolute atomic E-state index is 7.17. The number of rotatable bonds is 3. The van der Waals surface area contributed by atoms with Crippen LogP contribution in [-0.4, -0.2) is 33.0 Å². The van der Waals surface area contributed by atoms with Crippen LogP contribution in [0, 0.1) is 32.3 Å². The second-order valence-corrected chi connectivity index (χ2v) is 12.6. The van der Waals surface area contributed by atoms with Crippen LogP contribution in [0.5, 0.6) is 0 Å². The van der Waals surface area contributed by atoms with Crippen LogP contribution in [0.2, 0.25) is 0 Å². The van der Waals surface area contributed by atoms with Crippen LogP contribution in [-0.2, 0) is 5.54 Å². The second kappa shape index (κ2) is 9.33. The minimum absolute atomic E-state index is 0.0484. The van der Waals surface area contributed by atoms with Gasteiger partial charge in [-0.2, -0.15) is 0 Å². The first-order chi connectivity index (χ1) is 20.4. The summed E-state index contributed by atoms with van der Waals surface area (Å²) in [5.41, 5.74) is 13.7. The van der Waals surface area contributed by atoms with Crippen LogP contribution in [0.15, 0.2) is 60.9 Å². The summed E-state index contributed by atoms with van der Waals surface area (Å²) in [4.78, 5) is 25.7. The maximum Gasteiger partial charge on any atom is 0.187 e. The van der Waals surface area contributed by atoms with E-state index in [4.69, 9.17) is 12.3 Å². The molecule has 4 unspecified atom stereocenters. The van der Waals surface area contributed by atoms with Crippen molar-refractivity contribution in [3.8, 4) is 0 Å². The number of nitrogens with zero attached hydrogens (tertiary/aromatic N) is 7. The van der Waals surface area contributed by atoms with Crippen molar-refractivity contribution in [2.75, 3.05) is 22.9 Å². The number of aryl methyl sites for hydroxylation is 2. The van der Waals surface area contributed by atoms with E-state index < -0.39 is 0 Å². The molecular weight excluding hydrogens is 520 g/mol. The smallest absolute Gasteiger partial charge is 0.187 e. The lowest BCUT2D eigenvalue weighted by molar-refractivity contribution is 0.719. The van der Waals surface area contributed by atoms with E-state index in [-0.39, 0.29) is 5.54 Å². The molecule has 2 N–H and O–H groups in total. The second-order valence-electron chi connectivity index (χ2n) is 12.6. The number of nitrogens with two attached hydrogens (primary N) is 1. The van der Waals surface area contributed by atoms with Gasteiger partial charge in [-0.05, 0) is 104 Å². The molecule has 0 bridgehead atoms. The highest BCUT2D eigenvalue weighted by Crippen LogP contribution is 2.58. The highest BCUT2D eigenvalue weighted by Gasteiger charge is 2.48. The zero-order chi connectivity index (χ0) is 28.6. The van der Waals surface area contributed by atoms with Gasteiger partial charge in [0, 0.05) is 42.4 Å². The minimum atomic E-state index is -0.0484. The van der Waals surface area contributed by atoms with Gasteiger partial charge in [0.15, 0.2) is 5.69 Å². The minimum Gasteiger partial charge on any atom is -0.326 e. The van der Waals surface area contributed by atoms with Gasteiger partial charge < -0.3 is 15.5 Å². The molecule has 210 valence electrons. The summed E-state index contributed by atoms with van der Waals surface area (Å²) in [7, 11) is 0. The van der Waals surface area contributed by atoms with Crippen molar-refractivity contribution in [1.29, 1.82) is 0 Å². The molecule has 42 heavy (non-hydrogen) atoms. The van der Waals surface area contributed by atoms with Gasteiger partial charge in [0.1, 0.15) is 23.3 Å². The average molecular weight is 555 g/mol. The molecule has 2 aliphatic heterocycles.